The largest absolute Gasteiger partial charge is 0.390 e. The quantitative estimate of drug-likeness (QED) is 0.793. The molecule has 0 spiro atoms. The van der Waals surface area contributed by atoms with Crippen molar-refractivity contribution >= 4 is 0 Å². The van der Waals surface area contributed by atoms with Gasteiger partial charge in [0.15, 0.2) is 0 Å². The molecule has 0 aromatic rings. The lowest BCUT2D eigenvalue weighted by Gasteiger charge is -2.38. The topological polar surface area (TPSA) is 20.2 Å². The molecule has 17 heavy (non-hydrogen) atoms. The lowest BCUT2D eigenvalue weighted by Crippen LogP contribution is -2.37. The Bertz CT molecular complexity index is 267. The molecular formula is C14H24F2O. The summed E-state index contributed by atoms with van der Waals surface area (Å²) in [6, 6.07) is 0. The van der Waals surface area contributed by atoms with E-state index in [1.54, 1.807) is 0 Å². The van der Waals surface area contributed by atoms with Gasteiger partial charge in [0.1, 0.15) is 0 Å². The molecule has 2 saturated carbocycles. The Morgan fingerprint density at radius 1 is 1.12 bits per heavy atom. The van der Waals surface area contributed by atoms with Gasteiger partial charge in [0, 0.05) is 12.8 Å². The molecule has 3 atom stereocenters. The fourth-order valence-electron chi connectivity index (χ4n) is 3.75. The normalized spacial score (nSPS) is 41.6. The summed E-state index contributed by atoms with van der Waals surface area (Å²) in [6.45, 7) is 2.15. The summed E-state index contributed by atoms with van der Waals surface area (Å²) in [6.07, 6.45) is 6.18. The third-order valence-electron chi connectivity index (χ3n) is 4.67. The van der Waals surface area contributed by atoms with Crippen molar-refractivity contribution in [2.75, 3.05) is 0 Å². The van der Waals surface area contributed by atoms with Crippen LogP contribution in [0.2, 0.25) is 0 Å². The summed E-state index contributed by atoms with van der Waals surface area (Å²) in [5, 5.41) is 10.6. The van der Waals surface area contributed by atoms with E-state index in [0.29, 0.717) is 18.8 Å². The lowest BCUT2D eigenvalue weighted by atomic mass is 9.73. The van der Waals surface area contributed by atoms with Crippen molar-refractivity contribution in [2.45, 2.75) is 76.2 Å². The molecule has 1 N–H and O–H groups in total. The number of rotatable bonds is 3. The molecule has 100 valence electrons. The maximum absolute atomic E-state index is 13.1. The van der Waals surface area contributed by atoms with Gasteiger partial charge in [-0.2, -0.15) is 0 Å². The first-order valence-corrected chi connectivity index (χ1v) is 7.03. The third kappa shape index (κ3) is 3.40. The molecule has 2 aliphatic rings. The van der Waals surface area contributed by atoms with Crippen LogP contribution in [0, 0.1) is 11.8 Å². The Kier molecular flexibility index (Phi) is 3.77. The van der Waals surface area contributed by atoms with Gasteiger partial charge in [0.25, 0.3) is 0 Å². The van der Waals surface area contributed by atoms with E-state index in [4.69, 9.17) is 0 Å². The maximum Gasteiger partial charge on any atom is 0.248 e. The number of aliphatic hydroxyl groups is 1. The minimum atomic E-state index is -2.47. The summed E-state index contributed by atoms with van der Waals surface area (Å²) in [5.41, 5.74) is -0.649. The van der Waals surface area contributed by atoms with Gasteiger partial charge in [-0.3, -0.25) is 0 Å². The van der Waals surface area contributed by atoms with Crippen LogP contribution in [0.3, 0.4) is 0 Å². The van der Waals surface area contributed by atoms with Crippen LogP contribution in [0.5, 0.6) is 0 Å². The van der Waals surface area contributed by atoms with E-state index < -0.39 is 11.5 Å². The molecule has 0 saturated heterocycles. The fraction of sp³-hybridized carbons (Fsp3) is 1.00. The predicted molar refractivity (Wildman–Crippen MR) is 64.1 cm³/mol. The minimum absolute atomic E-state index is 0.00784. The van der Waals surface area contributed by atoms with Crippen molar-refractivity contribution in [2.24, 2.45) is 11.8 Å². The van der Waals surface area contributed by atoms with Crippen molar-refractivity contribution in [3.8, 4) is 0 Å². The average molecular weight is 246 g/mol. The van der Waals surface area contributed by atoms with Crippen LogP contribution in [-0.4, -0.2) is 16.6 Å². The highest BCUT2D eigenvalue weighted by atomic mass is 19.3. The van der Waals surface area contributed by atoms with E-state index in [9.17, 15) is 13.9 Å². The van der Waals surface area contributed by atoms with Crippen LogP contribution in [0.15, 0.2) is 0 Å². The molecule has 0 radical (unpaired) electrons. The molecule has 0 bridgehead atoms. The Morgan fingerprint density at radius 3 is 2.47 bits per heavy atom. The maximum atomic E-state index is 13.1. The summed E-state index contributed by atoms with van der Waals surface area (Å²) in [7, 11) is 0. The zero-order chi connectivity index (χ0) is 12.5. The number of alkyl halides is 2. The molecule has 2 aliphatic carbocycles. The SMILES string of the molecule is CCC1CCCC(O)(CC2CCC(F)(F)C2)C1. The lowest BCUT2D eigenvalue weighted by molar-refractivity contribution is -0.0425. The van der Waals surface area contributed by atoms with E-state index in [0.717, 1.165) is 25.7 Å². The second kappa shape index (κ2) is 4.83. The zero-order valence-electron chi connectivity index (χ0n) is 10.7. The van der Waals surface area contributed by atoms with Crippen molar-refractivity contribution in [3.63, 3.8) is 0 Å². The molecule has 2 fully saturated rings. The fourth-order valence-corrected chi connectivity index (χ4v) is 3.75. The number of hydrogen-bond acceptors (Lipinski definition) is 1. The first-order valence-electron chi connectivity index (χ1n) is 7.03. The van der Waals surface area contributed by atoms with Gasteiger partial charge in [-0.25, -0.2) is 8.78 Å². The molecule has 0 aromatic carbocycles. The van der Waals surface area contributed by atoms with Crippen LogP contribution < -0.4 is 0 Å². The van der Waals surface area contributed by atoms with Gasteiger partial charge >= 0.3 is 0 Å². The van der Waals surface area contributed by atoms with Gasteiger partial charge in [-0.15, -0.1) is 0 Å². The molecule has 0 heterocycles. The molecular weight excluding hydrogens is 222 g/mol. The second-order valence-corrected chi connectivity index (χ2v) is 6.26. The molecule has 0 aromatic heterocycles. The van der Waals surface area contributed by atoms with Gasteiger partial charge in [0.2, 0.25) is 5.92 Å². The van der Waals surface area contributed by atoms with E-state index in [-0.39, 0.29) is 18.8 Å². The molecule has 2 rings (SSSR count). The summed E-state index contributed by atoms with van der Waals surface area (Å²) >= 11 is 0. The van der Waals surface area contributed by atoms with Gasteiger partial charge in [0.05, 0.1) is 5.60 Å². The standard InChI is InChI=1S/C14H24F2O/c1-2-11-4-3-6-13(17,8-11)9-12-5-7-14(15,16)10-12/h11-12,17H,2-10H2,1H3. The molecule has 0 amide bonds. The highest BCUT2D eigenvalue weighted by Crippen LogP contribution is 2.45. The molecule has 1 nitrogen and oxygen atoms in total. The van der Waals surface area contributed by atoms with E-state index in [2.05, 4.69) is 6.92 Å². The second-order valence-electron chi connectivity index (χ2n) is 6.26. The predicted octanol–water partition coefficient (Wildman–Crippen LogP) is 4.14. The summed E-state index contributed by atoms with van der Waals surface area (Å²) < 4.78 is 26.3. The molecule has 3 unspecified atom stereocenters. The van der Waals surface area contributed by atoms with Crippen LogP contribution in [0.1, 0.15) is 64.7 Å². The Hall–Kier alpha value is -0.180. The van der Waals surface area contributed by atoms with E-state index in [1.165, 1.54) is 6.42 Å². The van der Waals surface area contributed by atoms with Gasteiger partial charge in [-0.1, -0.05) is 26.2 Å². The highest BCUT2D eigenvalue weighted by Gasteiger charge is 2.43. The van der Waals surface area contributed by atoms with Crippen molar-refractivity contribution < 1.29 is 13.9 Å². The van der Waals surface area contributed by atoms with Crippen LogP contribution in [0.4, 0.5) is 8.78 Å². The summed E-state index contributed by atoms with van der Waals surface area (Å²) in [4.78, 5) is 0. The van der Waals surface area contributed by atoms with Gasteiger partial charge < -0.3 is 5.11 Å². The number of hydrogen-bond donors (Lipinski definition) is 1. The Balaban J connectivity index is 1.89. The van der Waals surface area contributed by atoms with Crippen LogP contribution in [-0.2, 0) is 0 Å². The van der Waals surface area contributed by atoms with Crippen molar-refractivity contribution in [3.05, 3.63) is 0 Å². The highest BCUT2D eigenvalue weighted by molar-refractivity contribution is 4.91. The zero-order valence-corrected chi connectivity index (χ0v) is 10.7. The third-order valence-corrected chi connectivity index (χ3v) is 4.67. The van der Waals surface area contributed by atoms with Gasteiger partial charge in [-0.05, 0) is 37.5 Å². The Labute approximate surface area is 103 Å². The van der Waals surface area contributed by atoms with E-state index in [1.807, 2.05) is 0 Å². The summed E-state index contributed by atoms with van der Waals surface area (Å²) in [5.74, 6) is -1.85. The first kappa shape index (κ1) is 13.3. The smallest absolute Gasteiger partial charge is 0.248 e. The molecule has 0 aliphatic heterocycles. The van der Waals surface area contributed by atoms with E-state index >= 15 is 0 Å². The minimum Gasteiger partial charge on any atom is -0.390 e. The number of halogens is 2. The Morgan fingerprint density at radius 2 is 1.88 bits per heavy atom. The average Bonchev–Trinajstić information content (AvgIpc) is 2.57. The van der Waals surface area contributed by atoms with Crippen LogP contribution in [0.25, 0.3) is 0 Å². The first-order chi connectivity index (χ1) is 7.92. The molecule has 3 heteroatoms. The van der Waals surface area contributed by atoms with Crippen molar-refractivity contribution in [1.82, 2.24) is 0 Å². The van der Waals surface area contributed by atoms with Crippen molar-refractivity contribution in [1.29, 1.82) is 0 Å². The monoisotopic (exact) mass is 246 g/mol. The van der Waals surface area contributed by atoms with Crippen LogP contribution >= 0.6 is 0 Å².